The number of aryl methyl sites for hydroxylation is 3. The molecule has 4 aromatic rings. The molecule has 120 valence electrons. The third-order valence-electron chi connectivity index (χ3n) is 4.26. The maximum absolute atomic E-state index is 13.2. The highest BCUT2D eigenvalue weighted by atomic mass is 35.5. The number of halogens is 1. The molecule has 0 aliphatic rings. The molecular weight excluding hydrogens is 324 g/mol. The molecule has 3 heterocycles. The van der Waals surface area contributed by atoms with Crippen molar-refractivity contribution in [2.45, 2.75) is 13.8 Å². The van der Waals surface area contributed by atoms with Crippen LogP contribution in [0.1, 0.15) is 11.3 Å². The summed E-state index contributed by atoms with van der Waals surface area (Å²) >= 11 is 6.21. The molecule has 1 aromatic carbocycles. The van der Waals surface area contributed by atoms with Crippen molar-refractivity contribution in [2.75, 3.05) is 0 Å². The van der Waals surface area contributed by atoms with Crippen LogP contribution in [0.4, 0.5) is 0 Å². The molecule has 4 rings (SSSR count). The molecule has 0 amide bonds. The van der Waals surface area contributed by atoms with Crippen LogP contribution in [0.25, 0.3) is 27.5 Å². The number of benzene rings is 1. The van der Waals surface area contributed by atoms with Crippen molar-refractivity contribution in [3.8, 4) is 5.69 Å². The van der Waals surface area contributed by atoms with E-state index in [0.29, 0.717) is 10.5 Å². The summed E-state index contributed by atoms with van der Waals surface area (Å²) in [6, 6.07) is 7.47. The Bertz CT molecular complexity index is 1150. The molecule has 0 aliphatic carbocycles. The van der Waals surface area contributed by atoms with E-state index in [0.717, 1.165) is 33.2 Å². The summed E-state index contributed by atoms with van der Waals surface area (Å²) in [6.45, 7) is 3.86. The molecule has 0 radical (unpaired) electrons. The maximum atomic E-state index is 13.2. The molecule has 24 heavy (non-hydrogen) atoms. The molecule has 6 heteroatoms. The molecule has 0 fully saturated rings. The highest BCUT2D eigenvalue weighted by Gasteiger charge is 2.18. The largest absolute Gasteiger partial charge is 0.284 e. The van der Waals surface area contributed by atoms with Crippen molar-refractivity contribution < 1.29 is 0 Å². The number of hydrogen-bond donors (Lipinski definition) is 0. The van der Waals surface area contributed by atoms with E-state index in [1.807, 2.05) is 51.4 Å². The lowest BCUT2D eigenvalue weighted by Crippen LogP contribution is -2.21. The summed E-state index contributed by atoms with van der Waals surface area (Å²) in [7, 11) is 1.81. The summed E-state index contributed by atoms with van der Waals surface area (Å²) in [6.07, 6.45) is 3.61. The van der Waals surface area contributed by atoms with Gasteiger partial charge in [-0.05, 0) is 37.6 Å². The first kappa shape index (κ1) is 14.9. The Hall–Kier alpha value is -2.66. The lowest BCUT2D eigenvalue weighted by Gasteiger charge is -2.15. The van der Waals surface area contributed by atoms with Gasteiger partial charge in [-0.15, -0.1) is 0 Å². The molecule has 0 N–H and O–H groups in total. The zero-order chi connectivity index (χ0) is 17.0. The van der Waals surface area contributed by atoms with Gasteiger partial charge in [-0.2, -0.15) is 5.10 Å². The van der Waals surface area contributed by atoms with E-state index in [9.17, 15) is 4.79 Å². The van der Waals surface area contributed by atoms with Crippen molar-refractivity contribution >= 4 is 33.4 Å². The van der Waals surface area contributed by atoms with Crippen LogP contribution in [0.3, 0.4) is 0 Å². The Labute approximate surface area is 143 Å². The molecule has 5 nitrogen and oxygen atoms in total. The van der Waals surface area contributed by atoms with Crippen molar-refractivity contribution in [1.82, 2.24) is 19.3 Å². The number of rotatable bonds is 1. The Morgan fingerprint density at radius 3 is 2.67 bits per heavy atom. The second-order valence-corrected chi connectivity index (χ2v) is 6.37. The molecular formula is C18H15ClN4O. The third-order valence-corrected chi connectivity index (χ3v) is 4.49. The Morgan fingerprint density at radius 2 is 1.92 bits per heavy atom. The normalized spacial score (nSPS) is 11.5. The van der Waals surface area contributed by atoms with Gasteiger partial charge in [0.05, 0.1) is 16.9 Å². The molecule has 0 aliphatic heterocycles. The van der Waals surface area contributed by atoms with Gasteiger partial charge in [0, 0.05) is 35.2 Å². The van der Waals surface area contributed by atoms with Crippen LogP contribution < -0.4 is 5.56 Å². The van der Waals surface area contributed by atoms with E-state index in [1.54, 1.807) is 15.4 Å². The van der Waals surface area contributed by atoms with Gasteiger partial charge in [0.25, 0.3) is 5.56 Å². The van der Waals surface area contributed by atoms with Gasteiger partial charge in [-0.25, -0.2) is 0 Å². The van der Waals surface area contributed by atoms with Gasteiger partial charge in [0.1, 0.15) is 0 Å². The zero-order valence-electron chi connectivity index (χ0n) is 13.5. The molecule has 0 atom stereocenters. The number of aromatic nitrogens is 4. The van der Waals surface area contributed by atoms with E-state index in [1.165, 1.54) is 0 Å². The topological polar surface area (TPSA) is 52.7 Å². The highest BCUT2D eigenvalue weighted by Crippen LogP contribution is 2.28. The second-order valence-electron chi connectivity index (χ2n) is 5.93. The van der Waals surface area contributed by atoms with Crippen LogP contribution in [0.15, 0.2) is 41.5 Å². The quantitative estimate of drug-likeness (QED) is 0.533. The minimum atomic E-state index is -0.167. The van der Waals surface area contributed by atoms with Crippen LogP contribution in [0.2, 0.25) is 5.02 Å². The minimum absolute atomic E-state index is 0.167. The SMILES string of the molecule is Cc1ccnc(C)c1-n1c(=O)c2nn(C)cc2c2ccc(Cl)cc21. The molecule has 0 bridgehead atoms. The molecule has 0 saturated heterocycles. The smallest absolute Gasteiger partial charge is 0.274 e. The van der Waals surface area contributed by atoms with Gasteiger partial charge in [0.2, 0.25) is 0 Å². The van der Waals surface area contributed by atoms with Gasteiger partial charge in [0.15, 0.2) is 5.52 Å². The van der Waals surface area contributed by atoms with Crippen LogP contribution in [0.5, 0.6) is 0 Å². The second kappa shape index (κ2) is 5.18. The monoisotopic (exact) mass is 338 g/mol. The summed E-state index contributed by atoms with van der Waals surface area (Å²) in [4.78, 5) is 17.5. The Morgan fingerprint density at radius 1 is 1.12 bits per heavy atom. The summed E-state index contributed by atoms with van der Waals surface area (Å²) in [5.74, 6) is 0. The van der Waals surface area contributed by atoms with Gasteiger partial charge in [-0.3, -0.25) is 19.0 Å². The fourth-order valence-electron chi connectivity index (χ4n) is 3.22. The molecule has 0 spiro atoms. The predicted octanol–water partition coefficient (Wildman–Crippen LogP) is 3.54. The fourth-order valence-corrected chi connectivity index (χ4v) is 3.39. The number of nitrogens with zero attached hydrogens (tertiary/aromatic N) is 4. The summed E-state index contributed by atoms with van der Waals surface area (Å²) in [5.41, 5.74) is 3.57. The first-order valence-corrected chi connectivity index (χ1v) is 7.95. The zero-order valence-corrected chi connectivity index (χ0v) is 14.3. The summed E-state index contributed by atoms with van der Waals surface area (Å²) in [5, 5.41) is 6.70. The van der Waals surface area contributed by atoms with Crippen molar-refractivity contribution in [2.24, 2.45) is 7.05 Å². The average Bonchev–Trinajstić information content (AvgIpc) is 2.92. The van der Waals surface area contributed by atoms with Crippen molar-refractivity contribution in [3.05, 3.63) is 63.3 Å². The predicted molar refractivity (Wildman–Crippen MR) is 96.1 cm³/mol. The van der Waals surface area contributed by atoms with Gasteiger partial charge in [-0.1, -0.05) is 17.7 Å². The van der Waals surface area contributed by atoms with Gasteiger partial charge >= 0.3 is 0 Å². The van der Waals surface area contributed by atoms with Crippen molar-refractivity contribution in [3.63, 3.8) is 0 Å². The number of hydrogen-bond acceptors (Lipinski definition) is 3. The van der Waals surface area contributed by atoms with Crippen LogP contribution in [-0.2, 0) is 7.05 Å². The van der Waals surface area contributed by atoms with Crippen LogP contribution in [-0.4, -0.2) is 19.3 Å². The lowest BCUT2D eigenvalue weighted by molar-refractivity contribution is 0.777. The van der Waals surface area contributed by atoms with E-state index >= 15 is 0 Å². The lowest BCUT2D eigenvalue weighted by atomic mass is 10.1. The van der Waals surface area contributed by atoms with Crippen LogP contribution in [0, 0.1) is 13.8 Å². The fraction of sp³-hybridized carbons (Fsp3) is 0.167. The molecule has 0 saturated carbocycles. The number of pyridine rings is 2. The molecule has 0 unspecified atom stereocenters. The first-order valence-electron chi connectivity index (χ1n) is 7.57. The van der Waals surface area contributed by atoms with Crippen LogP contribution >= 0.6 is 11.6 Å². The Balaban J connectivity index is 2.31. The average molecular weight is 339 g/mol. The van der Waals surface area contributed by atoms with E-state index in [4.69, 9.17) is 11.6 Å². The maximum Gasteiger partial charge on any atom is 0.284 e. The van der Waals surface area contributed by atoms with E-state index in [2.05, 4.69) is 10.1 Å². The first-order chi connectivity index (χ1) is 11.5. The van der Waals surface area contributed by atoms with E-state index in [-0.39, 0.29) is 5.56 Å². The van der Waals surface area contributed by atoms with Crippen molar-refractivity contribution in [1.29, 1.82) is 0 Å². The summed E-state index contributed by atoms with van der Waals surface area (Å²) < 4.78 is 3.33. The standard InChI is InChI=1S/C18H15ClN4O/c1-10-6-7-20-11(2)17(10)23-15-8-12(19)4-5-13(15)14-9-22(3)21-16(14)18(23)24/h4-9H,1-3H3. The van der Waals surface area contributed by atoms with Gasteiger partial charge < -0.3 is 0 Å². The minimum Gasteiger partial charge on any atom is -0.274 e. The van der Waals surface area contributed by atoms with E-state index < -0.39 is 0 Å². The molecule has 3 aromatic heterocycles. The number of fused-ring (bicyclic) bond motifs is 3. The highest BCUT2D eigenvalue weighted by molar-refractivity contribution is 6.31. The Kier molecular flexibility index (Phi) is 3.21. The third kappa shape index (κ3) is 2.05.